The highest BCUT2D eigenvalue weighted by atomic mass is 15.1. The number of hydrogen-bond donors (Lipinski definition) is 0. The number of fused-ring (bicyclic) bond motifs is 7. The molecule has 0 unspecified atom stereocenters. The standard InChI is InChI=1S/C61H62N2/c1-61(2)56-37-45(41-17-7-3-8-18-41)28-33-52(56)53-35-30-49(40-57(53)61)62(60-50-26-16-15-23-44(50)27-32-51(60)43-21-11-5-12-22-43)48-31-36-58-55(39-48)54-34-29-46(42-19-9-4-10-20-42)38-59(54)63(58)47-24-13-6-14-25-47/h6,13-16,23-43H,3-5,7-12,17-22H2,1-2H3. The van der Waals surface area contributed by atoms with Gasteiger partial charge in [0.1, 0.15) is 0 Å². The minimum Gasteiger partial charge on any atom is -0.310 e. The Balaban J connectivity index is 1.08. The van der Waals surface area contributed by atoms with Crippen LogP contribution in [0.4, 0.5) is 17.1 Å². The van der Waals surface area contributed by atoms with Gasteiger partial charge in [0.25, 0.3) is 0 Å². The average molecular weight is 823 g/mol. The summed E-state index contributed by atoms with van der Waals surface area (Å²) < 4.78 is 2.53. The van der Waals surface area contributed by atoms with Crippen molar-refractivity contribution < 1.29 is 0 Å². The molecule has 4 aliphatic carbocycles. The van der Waals surface area contributed by atoms with Crippen molar-refractivity contribution in [3.05, 3.63) is 167 Å². The minimum atomic E-state index is -0.106. The maximum absolute atomic E-state index is 2.68. The van der Waals surface area contributed by atoms with Crippen molar-refractivity contribution in [1.29, 1.82) is 0 Å². The Bertz CT molecular complexity index is 2980. The van der Waals surface area contributed by atoms with E-state index in [4.69, 9.17) is 0 Å². The van der Waals surface area contributed by atoms with Crippen LogP contribution in [0.3, 0.4) is 0 Å². The topological polar surface area (TPSA) is 8.17 Å². The van der Waals surface area contributed by atoms with E-state index in [1.807, 2.05) is 0 Å². The van der Waals surface area contributed by atoms with Crippen LogP contribution in [0.5, 0.6) is 0 Å². The van der Waals surface area contributed by atoms with Crippen LogP contribution >= 0.6 is 0 Å². The molecule has 0 amide bonds. The molecule has 3 fully saturated rings. The first kappa shape index (κ1) is 39.0. The molecule has 2 heteroatoms. The molecule has 0 radical (unpaired) electrons. The van der Waals surface area contributed by atoms with Crippen molar-refractivity contribution in [3.8, 4) is 16.8 Å². The van der Waals surface area contributed by atoms with Gasteiger partial charge in [-0.2, -0.15) is 0 Å². The van der Waals surface area contributed by atoms with Gasteiger partial charge in [-0.3, -0.25) is 0 Å². The lowest BCUT2D eigenvalue weighted by Crippen LogP contribution is -2.18. The normalized spacial score (nSPS) is 18.3. The van der Waals surface area contributed by atoms with Gasteiger partial charge in [-0.05, 0) is 149 Å². The second-order valence-electron chi connectivity index (χ2n) is 20.4. The molecule has 0 saturated heterocycles. The van der Waals surface area contributed by atoms with E-state index in [0.717, 1.165) is 0 Å². The predicted molar refractivity (Wildman–Crippen MR) is 268 cm³/mol. The van der Waals surface area contributed by atoms with Gasteiger partial charge in [0.15, 0.2) is 0 Å². The third-order valence-corrected chi connectivity index (χ3v) is 16.3. The van der Waals surface area contributed by atoms with E-state index in [2.05, 4.69) is 163 Å². The van der Waals surface area contributed by atoms with Crippen LogP contribution in [-0.2, 0) is 5.41 Å². The number of benzene rings is 7. The number of hydrogen-bond acceptors (Lipinski definition) is 1. The zero-order valence-corrected chi connectivity index (χ0v) is 37.5. The maximum Gasteiger partial charge on any atom is 0.0574 e. The maximum atomic E-state index is 2.68. The van der Waals surface area contributed by atoms with Crippen molar-refractivity contribution in [2.45, 2.75) is 133 Å². The number of aromatic nitrogens is 1. The second-order valence-corrected chi connectivity index (χ2v) is 20.4. The van der Waals surface area contributed by atoms with Crippen LogP contribution < -0.4 is 4.90 Å². The van der Waals surface area contributed by atoms with Gasteiger partial charge < -0.3 is 9.47 Å². The fourth-order valence-electron chi connectivity index (χ4n) is 13.0. The molecule has 1 aromatic heterocycles. The van der Waals surface area contributed by atoms with E-state index >= 15 is 0 Å². The third kappa shape index (κ3) is 6.65. The van der Waals surface area contributed by atoms with Gasteiger partial charge in [-0.1, -0.05) is 163 Å². The van der Waals surface area contributed by atoms with Gasteiger partial charge in [0.2, 0.25) is 0 Å². The molecular weight excluding hydrogens is 761 g/mol. The van der Waals surface area contributed by atoms with E-state index in [-0.39, 0.29) is 5.41 Å². The summed E-state index contributed by atoms with van der Waals surface area (Å²) in [5.41, 5.74) is 17.9. The van der Waals surface area contributed by atoms with E-state index in [9.17, 15) is 0 Å². The fraction of sp³-hybridized carbons (Fsp3) is 0.344. The number of anilines is 3. The van der Waals surface area contributed by atoms with Crippen LogP contribution in [0.25, 0.3) is 49.4 Å². The summed E-state index contributed by atoms with van der Waals surface area (Å²) in [6.07, 6.45) is 19.9. The summed E-state index contributed by atoms with van der Waals surface area (Å²) in [5.74, 6) is 1.88. The minimum absolute atomic E-state index is 0.106. The number of para-hydroxylation sites is 1. The summed E-state index contributed by atoms with van der Waals surface area (Å²) in [6, 6.07) is 55.0. The molecule has 12 rings (SSSR count). The van der Waals surface area contributed by atoms with Gasteiger partial charge in [-0.15, -0.1) is 0 Å². The summed E-state index contributed by atoms with van der Waals surface area (Å²) in [6.45, 7) is 4.96. The van der Waals surface area contributed by atoms with Crippen LogP contribution in [-0.4, -0.2) is 4.57 Å². The van der Waals surface area contributed by atoms with Crippen molar-refractivity contribution in [3.63, 3.8) is 0 Å². The Morgan fingerprint density at radius 2 is 1.03 bits per heavy atom. The average Bonchev–Trinajstić information content (AvgIpc) is 3.79. The molecule has 0 N–H and O–H groups in total. The monoisotopic (exact) mass is 822 g/mol. The Hall–Kier alpha value is -5.60. The molecule has 0 spiro atoms. The van der Waals surface area contributed by atoms with Gasteiger partial charge >= 0.3 is 0 Å². The predicted octanol–water partition coefficient (Wildman–Crippen LogP) is 17.9. The highest BCUT2D eigenvalue weighted by Gasteiger charge is 2.37. The Labute approximate surface area is 375 Å². The summed E-state index contributed by atoms with van der Waals surface area (Å²) in [7, 11) is 0. The number of nitrogens with zero attached hydrogens (tertiary/aromatic N) is 2. The lowest BCUT2D eigenvalue weighted by atomic mass is 9.78. The molecular formula is C61H62N2. The van der Waals surface area contributed by atoms with Gasteiger partial charge in [0, 0.05) is 38.6 Å². The highest BCUT2D eigenvalue weighted by molar-refractivity contribution is 6.11. The van der Waals surface area contributed by atoms with Crippen LogP contribution in [0.2, 0.25) is 0 Å². The first-order valence-electron chi connectivity index (χ1n) is 24.8. The van der Waals surface area contributed by atoms with E-state index < -0.39 is 0 Å². The Morgan fingerprint density at radius 1 is 0.444 bits per heavy atom. The molecule has 63 heavy (non-hydrogen) atoms. The highest BCUT2D eigenvalue weighted by Crippen LogP contribution is 2.54. The Kier molecular flexibility index (Phi) is 9.84. The van der Waals surface area contributed by atoms with E-state index in [1.165, 1.54) is 185 Å². The van der Waals surface area contributed by atoms with E-state index in [1.54, 1.807) is 5.56 Å². The van der Waals surface area contributed by atoms with Crippen LogP contribution in [0, 0.1) is 0 Å². The molecule has 3 saturated carbocycles. The van der Waals surface area contributed by atoms with Crippen molar-refractivity contribution in [2.24, 2.45) is 0 Å². The van der Waals surface area contributed by atoms with Crippen molar-refractivity contribution in [1.82, 2.24) is 4.57 Å². The molecule has 0 atom stereocenters. The zero-order valence-electron chi connectivity index (χ0n) is 37.5. The largest absolute Gasteiger partial charge is 0.310 e. The molecule has 0 aliphatic heterocycles. The molecule has 4 aliphatic rings. The lowest BCUT2D eigenvalue weighted by Gasteiger charge is -2.34. The molecule has 1 heterocycles. The smallest absolute Gasteiger partial charge is 0.0574 e. The lowest BCUT2D eigenvalue weighted by molar-refractivity contribution is 0.443. The Morgan fingerprint density at radius 3 is 1.76 bits per heavy atom. The van der Waals surface area contributed by atoms with Crippen molar-refractivity contribution >= 4 is 49.6 Å². The van der Waals surface area contributed by atoms with Gasteiger partial charge in [0.05, 0.1) is 16.7 Å². The fourth-order valence-corrected chi connectivity index (χ4v) is 13.0. The SMILES string of the molecule is CC1(C)c2cc(C3CCCCC3)ccc2-c2ccc(N(c3ccc4c(c3)c3ccc(C5CCCCC5)cc3n4-c3ccccc3)c3c(C4CCCCC4)ccc4ccccc34)cc21. The number of rotatable bonds is 7. The zero-order chi connectivity index (χ0) is 42.1. The summed E-state index contributed by atoms with van der Waals surface area (Å²) >= 11 is 0. The van der Waals surface area contributed by atoms with E-state index in [0.29, 0.717) is 17.8 Å². The molecule has 316 valence electrons. The quantitative estimate of drug-likeness (QED) is 0.155. The molecule has 0 bridgehead atoms. The first-order chi connectivity index (χ1) is 31.0. The summed E-state index contributed by atoms with van der Waals surface area (Å²) in [4.78, 5) is 2.68. The summed E-state index contributed by atoms with van der Waals surface area (Å²) in [5, 5.41) is 5.29. The van der Waals surface area contributed by atoms with Gasteiger partial charge in [-0.25, -0.2) is 0 Å². The van der Waals surface area contributed by atoms with Crippen LogP contribution in [0.15, 0.2) is 140 Å². The third-order valence-electron chi connectivity index (χ3n) is 16.3. The van der Waals surface area contributed by atoms with Crippen LogP contribution in [0.1, 0.15) is 156 Å². The first-order valence-corrected chi connectivity index (χ1v) is 24.8. The molecule has 8 aromatic rings. The van der Waals surface area contributed by atoms with Crippen molar-refractivity contribution in [2.75, 3.05) is 4.90 Å². The molecule has 2 nitrogen and oxygen atoms in total. The second kappa shape index (κ2) is 15.9. The molecule has 7 aromatic carbocycles.